The van der Waals surface area contributed by atoms with Gasteiger partial charge in [-0.15, -0.1) is 0 Å². The second-order valence-corrected chi connectivity index (χ2v) is 15.3. The van der Waals surface area contributed by atoms with Gasteiger partial charge in [0.25, 0.3) is 0 Å². The summed E-state index contributed by atoms with van der Waals surface area (Å²) >= 11 is 6.04. The Hall–Kier alpha value is -1.73. The molecule has 2 aromatic carbocycles. The van der Waals surface area contributed by atoms with Crippen LogP contribution in [0.1, 0.15) is 20.8 Å². The molecular weight excluding hydrogens is 438 g/mol. The molecular formula is C25H38ClN3O2Si. The van der Waals surface area contributed by atoms with Crippen LogP contribution in [-0.4, -0.2) is 58.7 Å². The summed E-state index contributed by atoms with van der Waals surface area (Å²) in [5.41, 5.74) is 7.78. The van der Waals surface area contributed by atoms with Crippen molar-refractivity contribution in [3.8, 4) is 5.75 Å². The molecule has 0 bridgehead atoms. The van der Waals surface area contributed by atoms with Gasteiger partial charge >= 0.3 is 0 Å². The summed E-state index contributed by atoms with van der Waals surface area (Å²) in [5.74, 6) is 0.829. The fraction of sp³-hybridized carbons (Fsp3) is 0.520. The SMILES string of the molecule is CC(C)(C)[Si](C)(C)O[C@H](COc1ccc(N)cc1)CN1CCN(c2ccc(Cl)cc2)CC1. The fourth-order valence-electron chi connectivity index (χ4n) is 3.60. The van der Waals surface area contributed by atoms with Gasteiger partial charge in [-0.05, 0) is 66.7 Å². The van der Waals surface area contributed by atoms with Crippen molar-refractivity contribution in [1.29, 1.82) is 0 Å². The standard InChI is InChI=1S/C25H38ClN3O2Si/c1-25(2,3)32(4,5)31-24(19-30-23-12-8-21(27)9-13-23)18-28-14-16-29(17-15-28)22-10-6-20(26)7-11-22/h6-13,24H,14-19,27H2,1-5H3/t24-/m0/s1. The van der Waals surface area contributed by atoms with E-state index in [1.807, 2.05) is 36.4 Å². The molecule has 1 aliphatic heterocycles. The number of nitrogens with zero attached hydrogens (tertiary/aromatic N) is 2. The molecule has 3 rings (SSSR count). The van der Waals surface area contributed by atoms with E-state index >= 15 is 0 Å². The van der Waals surface area contributed by atoms with Crippen molar-refractivity contribution in [3.63, 3.8) is 0 Å². The molecule has 1 atom stereocenters. The average molecular weight is 476 g/mol. The summed E-state index contributed by atoms with van der Waals surface area (Å²) in [6.45, 7) is 16.9. The number of nitrogen functional groups attached to an aromatic ring is 1. The highest BCUT2D eigenvalue weighted by Crippen LogP contribution is 2.37. The average Bonchev–Trinajstić information content (AvgIpc) is 2.73. The third-order valence-corrected chi connectivity index (χ3v) is 11.4. The van der Waals surface area contributed by atoms with Crippen LogP contribution in [0.3, 0.4) is 0 Å². The third-order valence-electron chi connectivity index (χ3n) is 6.61. The van der Waals surface area contributed by atoms with Crippen LogP contribution in [0.5, 0.6) is 5.75 Å². The number of piperazine rings is 1. The number of nitrogens with two attached hydrogens (primary N) is 1. The van der Waals surface area contributed by atoms with Crippen LogP contribution in [0.4, 0.5) is 11.4 Å². The Kier molecular flexibility index (Phi) is 8.14. The molecule has 176 valence electrons. The van der Waals surface area contributed by atoms with Crippen LogP contribution in [0.25, 0.3) is 0 Å². The molecule has 2 aromatic rings. The van der Waals surface area contributed by atoms with Crippen molar-refractivity contribution >= 4 is 31.3 Å². The highest BCUT2D eigenvalue weighted by atomic mass is 35.5. The lowest BCUT2D eigenvalue weighted by molar-refractivity contribution is 0.0736. The van der Waals surface area contributed by atoms with Gasteiger partial charge in [-0.25, -0.2) is 0 Å². The quantitative estimate of drug-likeness (QED) is 0.402. The van der Waals surface area contributed by atoms with E-state index in [2.05, 4.69) is 55.8 Å². The van der Waals surface area contributed by atoms with E-state index in [1.165, 1.54) is 5.69 Å². The van der Waals surface area contributed by atoms with Crippen LogP contribution < -0.4 is 15.4 Å². The molecule has 0 spiro atoms. The molecule has 1 heterocycles. The van der Waals surface area contributed by atoms with E-state index in [9.17, 15) is 0 Å². The van der Waals surface area contributed by atoms with E-state index < -0.39 is 8.32 Å². The first-order chi connectivity index (χ1) is 15.0. The van der Waals surface area contributed by atoms with E-state index in [0.717, 1.165) is 49.2 Å². The van der Waals surface area contributed by atoms with Gasteiger partial charge in [0.15, 0.2) is 8.32 Å². The van der Waals surface area contributed by atoms with Gasteiger partial charge in [0, 0.05) is 49.1 Å². The maximum atomic E-state index is 6.79. The van der Waals surface area contributed by atoms with Gasteiger partial charge in [0.2, 0.25) is 0 Å². The largest absolute Gasteiger partial charge is 0.491 e. The van der Waals surface area contributed by atoms with Crippen molar-refractivity contribution in [3.05, 3.63) is 53.6 Å². The molecule has 2 N–H and O–H groups in total. The summed E-state index contributed by atoms with van der Waals surface area (Å²) in [6, 6.07) is 15.7. The molecule has 0 radical (unpaired) electrons. The van der Waals surface area contributed by atoms with E-state index in [0.29, 0.717) is 6.61 Å². The molecule has 0 saturated carbocycles. The molecule has 0 aliphatic carbocycles. The molecule has 5 nitrogen and oxygen atoms in total. The summed E-state index contributed by atoms with van der Waals surface area (Å²) in [7, 11) is -1.92. The molecule has 0 aromatic heterocycles. The first-order valence-corrected chi connectivity index (χ1v) is 14.7. The normalized spacial score (nSPS) is 16.8. The van der Waals surface area contributed by atoms with Crippen molar-refractivity contribution in [1.82, 2.24) is 4.90 Å². The van der Waals surface area contributed by atoms with Gasteiger partial charge in [-0.1, -0.05) is 32.4 Å². The number of rotatable bonds is 8. The molecule has 1 saturated heterocycles. The second-order valence-electron chi connectivity index (χ2n) is 10.1. The number of halogens is 1. The van der Waals surface area contributed by atoms with Gasteiger partial charge in [0.05, 0.1) is 6.10 Å². The lowest BCUT2D eigenvalue weighted by atomic mass is 10.2. The maximum absolute atomic E-state index is 6.79. The molecule has 32 heavy (non-hydrogen) atoms. The second kappa shape index (κ2) is 10.5. The topological polar surface area (TPSA) is 51.0 Å². The van der Waals surface area contributed by atoms with Gasteiger partial charge in [-0.3, -0.25) is 4.90 Å². The predicted molar refractivity (Wildman–Crippen MR) is 139 cm³/mol. The zero-order valence-corrected chi connectivity index (χ0v) is 21.9. The van der Waals surface area contributed by atoms with E-state index in [1.54, 1.807) is 0 Å². The van der Waals surface area contributed by atoms with Crippen molar-refractivity contribution in [2.45, 2.75) is 45.0 Å². The summed E-state index contributed by atoms with van der Waals surface area (Å²) < 4.78 is 12.9. The lowest BCUT2D eigenvalue weighted by Gasteiger charge is -2.42. The first-order valence-electron chi connectivity index (χ1n) is 11.4. The van der Waals surface area contributed by atoms with Crippen LogP contribution in [0, 0.1) is 0 Å². The number of hydrogen-bond donors (Lipinski definition) is 1. The Labute approximate surface area is 199 Å². The van der Waals surface area contributed by atoms with E-state index in [-0.39, 0.29) is 11.1 Å². The molecule has 1 fully saturated rings. The van der Waals surface area contributed by atoms with Crippen LogP contribution >= 0.6 is 11.6 Å². The minimum Gasteiger partial charge on any atom is -0.491 e. The Balaban J connectivity index is 1.61. The Morgan fingerprint density at radius 2 is 1.56 bits per heavy atom. The number of anilines is 2. The third kappa shape index (κ3) is 6.88. The number of ether oxygens (including phenoxy) is 1. The monoisotopic (exact) mass is 475 g/mol. The zero-order chi connectivity index (χ0) is 23.4. The lowest BCUT2D eigenvalue weighted by Crippen LogP contribution is -2.53. The Morgan fingerprint density at radius 3 is 2.12 bits per heavy atom. The summed E-state index contributed by atoms with van der Waals surface area (Å²) in [6.07, 6.45) is 0.0236. The van der Waals surface area contributed by atoms with Crippen molar-refractivity contribution in [2.75, 3.05) is 50.0 Å². The Morgan fingerprint density at radius 1 is 0.969 bits per heavy atom. The minimum atomic E-state index is -1.92. The molecule has 7 heteroatoms. The van der Waals surface area contributed by atoms with Gasteiger partial charge in [-0.2, -0.15) is 0 Å². The Bertz CT molecular complexity index is 845. The minimum absolute atomic E-state index is 0.0236. The predicted octanol–water partition coefficient (Wildman–Crippen LogP) is 5.51. The number of hydrogen-bond acceptors (Lipinski definition) is 5. The summed E-state index contributed by atoms with van der Waals surface area (Å²) in [5, 5.41) is 0.929. The van der Waals surface area contributed by atoms with E-state index in [4.69, 9.17) is 26.5 Å². The van der Waals surface area contributed by atoms with Crippen molar-refractivity contribution < 1.29 is 9.16 Å². The van der Waals surface area contributed by atoms with Crippen molar-refractivity contribution in [2.24, 2.45) is 0 Å². The zero-order valence-electron chi connectivity index (χ0n) is 20.1. The molecule has 0 unspecified atom stereocenters. The first kappa shape index (κ1) is 24.9. The molecule has 0 amide bonds. The van der Waals surface area contributed by atoms with Crippen LogP contribution in [-0.2, 0) is 4.43 Å². The fourth-order valence-corrected chi connectivity index (χ4v) is 5.05. The number of benzene rings is 2. The molecule has 1 aliphatic rings. The smallest absolute Gasteiger partial charge is 0.192 e. The van der Waals surface area contributed by atoms with Gasteiger partial charge in [0.1, 0.15) is 12.4 Å². The highest BCUT2D eigenvalue weighted by molar-refractivity contribution is 6.74. The summed E-state index contributed by atoms with van der Waals surface area (Å²) in [4.78, 5) is 4.91. The highest BCUT2D eigenvalue weighted by Gasteiger charge is 2.39. The van der Waals surface area contributed by atoms with Crippen LogP contribution in [0.15, 0.2) is 48.5 Å². The van der Waals surface area contributed by atoms with Gasteiger partial charge < -0.3 is 19.8 Å². The van der Waals surface area contributed by atoms with Crippen LogP contribution in [0.2, 0.25) is 23.2 Å². The maximum Gasteiger partial charge on any atom is 0.192 e.